The van der Waals surface area contributed by atoms with Crippen LogP contribution in [0.25, 0.3) is 64.6 Å². The topological polar surface area (TPSA) is 36.1 Å². The molecule has 0 saturated carbocycles. The van der Waals surface area contributed by atoms with Crippen molar-refractivity contribution in [3.63, 3.8) is 0 Å². The Hall–Kier alpha value is -3.41. The first-order valence-electron chi connectivity index (χ1n) is 15.3. The molecule has 0 amide bonds. The summed E-state index contributed by atoms with van der Waals surface area (Å²) in [5.41, 5.74) is 2.75. The van der Waals surface area contributed by atoms with Gasteiger partial charge in [0.25, 0.3) is 0 Å². The van der Waals surface area contributed by atoms with E-state index >= 15 is 0 Å². The fourth-order valence-corrected chi connectivity index (χ4v) is 6.99. The molecule has 0 fully saturated rings. The minimum absolute atomic E-state index is 0. The third-order valence-electron chi connectivity index (χ3n) is 9.05. The Bertz CT molecular complexity index is 1990. The van der Waals surface area contributed by atoms with Crippen molar-refractivity contribution in [2.45, 2.75) is 19.5 Å². The summed E-state index contributed by atoms with van der Waals surface area (Å²) in [4.78, 5) is 0. The van der Waals surface area contributed by atoms with Crippen molar-refractivity contribution < 1.29 is 0 Å². The van der Waals surface area contributed by atoms with Crippen molar-refractivity contribution in [3.8, 4) is 0 Å². The maximum Gasteiger partial charge on any atom is 0.0212 e. The van der Waals surface area contributed by atoms with Crippen LogP contribution in [0.4, 0.5) is 0 Å². The number of nitrogens with one attached hydrogen (secondary N) is 3. The van der Waals surface area contributed by atoms with E-state index in [0.29, 0.717) is 0 Å². The molecule has 0 heterocycles. The molecule has 0 aromatic heterocycles. The highest BCUT2D eigenvalue weighted by molar-refractivity contribution is 6.24. The van der Waals surface area contributed by atoms with Crippen LogP contribution in [0.3, 0.4) is 0 Å². The van der Waals surface area contributed by atoms with Gasteiger partial charge in [0.15, 0.2) is 0 Å². The molecular weight excluding hydrogens is 617 g/mol. The van der Waals surface area contributed by atoms with Crippen LogP contribution in [0, 0.1) is 0 Å². The summed E-state index contributed by atoms with van der Waals surface area (Å²) in [6.45, 7) is 5.74. The standard InChI is InChI=1S/C39H35N3.3ClH/c1-4-26-8-10-30-12-14-32(34-18-16-28(6-1)36(26)38(30)34)24-41-21-3-20-40-22-23-42-25-33-15-13-31-11-9-27-5-2-7-29-17-19-35(33)39(31)37(27)29;;;/h1-2,4-19,40-42H,3,20-25H2;3*1H. The molecule has 0 bridgehead atoms. The van der Waals surface area contributed by atoms with E-state index in [1.807, 2.05) is 0 Å². The molecule has 0 atom stereocenters. The first kappa shape index (κ1) is 33.0. The summed E-state index contributed by atoms with van der Waals surface area (Å²) in [6.07, 6.45) is 1.11. The van der Waals surface area contributed by atoms with E-state index in [9.17, 15) is 0 Å². The monoisotopic (exact) mass is 653 g/mol. The minimum atomic E-state index is 0. The van der Waals surface area contributed by atoms with E-state index in [4.69, 9.17) is 0 Å². The smallest absolute Gasteiger partial charge is 0.0212 e. The largest absolute Gasteiger partial charge is 0.315 e. The fraction of sp³-hybridized carbons (Fsp3) is 0.179. The molecule has 0 aliphatic rings. The van der Waals surface area contributed by atoms with Crippen LogP contribution in [0.2, 0.25) is 0 Å². The SMILES string of the molecule is Cl.Cl.Cl.c1cc2ccc3ccc(CNCCCNCCNCc4ccc5ccc6cccc7ccc4c5c67)c4ccc(c1)c2c34. The van der Waals surface area contributed by atoms with Gasteiger partial charge in [0, 0.05) is 26.2 Å². The zero-order valence-corrected chi connectivity index (χ0v) is 27.5. The van der Waals surface area contributed by atoms with Crippen LogP contribution in [-0.4, -0.2) is 26.2 Å². The maximum absolute atomic E-state index is 3.68. The molecular formula is C39H38Cl3N3. The van der Waals surface area contributed by atoms with Gasteiger partial charge in [-0.3, -0.25) is 0 Å². The average Bonchev–Trinajstić information content (AvgIpc) is 3.04. The Kier molecular flexibility index (Phi) is 10.5. The third-order valence-corrected chi connectivity index (χ3v) is 9.05. The average molecular weight is 655 g/mol. The number of halogens is 3. The Balaban J connectivity index is 0.00000133. The highest BCUT2D eigenvalue weighted by Crippen LogP contribution is 2.37. The molecule has 0 radical (unpaired) electrons. The molecule has 3 N–H and O–H groups in total. The molecule has 6 heteroatoms. The predicted octanol–water partition coefficient (Wildman–Crippen LogP) is 9.61. The van der Waals surface area contributed by atoms with Gasteiger partial charge in [0.2, 0.25) is 0 Å². The third kappa shape index (κ3) is 6.09. The molecule has 8 aromatic carbocycles. The van der Waals surface area contributed by atoms with Crippen molar-refractivity contribution >= 4 is 102 Å². The molecule has 8 rings (SSSR count). The van der Waals surface area contributed by atoms with E-state index in [2.05, 4.69) is 125 Å². The molecule has 0 unspecified atom stereocenters. The molecule has 0 saturated heterocycles. The first-order chi connectivity index (χ1) is 20.8. The zero-order valence-electron chi connectivity index (χ0n) is 25.1. The van der Waals surface area contributed by atoms with Gasteiger partial charge >= 0.3 is 0 Å². The summed E-state index contributed by atoms with van der Waals surface area (Å²) in [5, 5.41) is 27.2. The minimum Gasteiger partial charge on any atom is -0.315 e. The number of benzene rings is 8. The lowest BCUT2D eigenvalue weighted by Gasteiger charge is -2.15. The van der Waals surface area contributed by atoms with E-state index in [1.54, 1.807) is 0 Å². The summed E-state index contributed by atoms with van der Waals surface area (Å²) in [5.74, 6) is 0. The number of rotatable bonds is 11. The van der Waals surface area contributed by atoms with Crippen LogP contribution in [0.15, 0.2) is 109 Å². The summed E-state index contributed by atoms with van der Waals surface area (Å²) in [7, 11) is 0. The van der Waals surface area contributed by atoms with Crippen molar-refractivity contribution in [2.24, 2.45) is 0 Å². The van der Waals surface area contributed by atoms with Gasteiger partial charge < -0.3 is 16.0 Å². The van der Waals surface area contributed by atoms with Crippen LogP contribution >= 0.6 is 37.2 Å². The second-order valence-corrected chi connectivity index (χ2v) is 11.6. The molecule has 0 aliphatic heterocycles. The van der Waals surface area contributed by atoms with E-state index in [-0.39, 0.29) is 37.2 Å². The van der Waals surface area contributed by atoms with Gasteiger partial charge in [-0.2, -0.15) is 0 Å². The van der Waals surface area contributed by atoms with E-state index in [0.717, 1.165) is 45.7 Å². The Labute approximate surface area is 282 Å². The lowest BCUT2D eigenvalue weighted by atomic mass is 9.92. The molecule has 8 aromatic rings. The van der Waals surface area contributed by atoms with Gasteiger partial charge in [-0.15, -0.1) is 37.2 Å². The van der Waals surface area contributed by atoms with Gasteiger partial charge in [0.05, 0.1) is 0 Å². The van der Waals surface area contributed by atoms with Gasteiger partial charge in [-0.25, -0.2) is 0 Å². The van der Waals surface area contributed by atoms with E-state index in [1.165, 1.54) is 75.8 Å². The second kappa shape index (κ2) is 14.3. The molecule has 45 heavy (non-hydrogen) atoms. The second-order valence-electron chi connectivity index (χ2n) is 11.6. The van der Waals surface area contributed by atoms with Crippen molar-refractivity contribution in [2.75, 3.05) is 26.2 Å². The maximum atomic E-state index is 3.68. The Morgan fingerprint density at radius 2 is 0.689 bits per heavy atom. The van der Waals surface area contributed by atoms with Crippen LogP contribution < -0.4 is 16.0 Å². The van der Waals surface area contributed by atoms with Gasteiger partial charge in [-0.1, -0.05) is 109 Å². The molecule has 3 nitrogen and oxygen atoms in total. The van der Waals surface area contributed by atoms with Crippen molar-refractivity contribution in [1.82, 2.24) is 16.0 Å². The lowest BCUT2D eigenvalue weighted by molar-refractivity contribution is 0.573. The predicted molar refractivity (Wildman–Crippen MR) is 203 cm³/mol. The van der Waals surface area contributed by atoms with Crippen LogP contribution in [0.5, 0.6) is 0 Å². The number of hydrogen-bond donors (Lipinski definition) is 3. The molecule has 230 valence electrons. The normalized spacial score (nSPS) is 11.5. The van der Waals surface area contributed by atoms with Gasteiger partial charge in [0.1, 0.15) is 0 Å². The first-order valence-corrected chi connectivity index (χ1v) is 15.3. The quantitative estimate of drug-likeness (QED) is 0.0960. The van der Waals surface area contributed by atoms with E-state index < -0.39 is 0 Å². The van der Waals surface area contributed by atoms with Crippen molar-refractivity contribution in [1.29, 1.82) is 0 Å². The van der Waals surface area contributed by atoms with Crippen molar-refractivity contribution in [3.05, 3.63) is 120 Å². The van der Waals surface area contributed by atoms with Gasteiger partial charge in [-0.05, 0) is 95.3 Å². The summed E-state index contributed by atoms with van der Waals surface area (Å²) >= 11 is 0. The van der Waals surface area contributed by atoms with Crippen LogP contribution in [-0.2, 0) is 13.1 Å². The zero-order chi connectivity index (χ0) is 27.9. The summed E-state index contributed by atoms with van der Waals surface area (Å²) in [6, 6.07) is 40.5. The van der Waals surface area contributed by atoms with Crippen LogP contribution in [0.1, 0.15) is 17.5 Å². The molecule has 0 spiro atoms. The highest BCUT2D eigenvalue weighted by Gasteiger charge is 2.12. The summed E-state index contributed by atoms with van der Waals surface area (Å²) < 4.78 is 0. The fourth-order valence-electron chi connectivity index (χ4n) is 6.99. The Morgan fingerprint density at radius 3 is 1.18 bits per heavy atom. The highest BCUT2D eigenvalue weighted by atomic mass is 35.5. The number of hydrogen-bond acceptors (Lipinski definition) is 3. The molecule has 0 aliphatic carbocycles. The lowest BCUT2D eigenvalue weighted by Crippen LogP contribution is -2.29. The Morgan fingerprint density at radius 1 is 0.333 bits per heavy atom.